The number of carbonyl (C=O) groups is 2. The van der Waals surface area contributed by atoms with Crippen LogP contribution in [0.2, 0.25) is 0 Å². The van der Waals surface area contributed by atoms with Crippen molar-refractivity contribution >= 4 is 23.7 Å². The first kappa shape index (κ1) is 18.3. The lowest BCUT2D eigenvalue weighted by Gasteiger charge is -2.27. The first-order valence-corrected chi connectivity index (χ1v) is 9.00. The number of alkyl halides is 1. The third-order valence-corrected chi connectivity index (χ3v) is 4.24. The minimum atomic E-state index is -0.491. The quantitative estimate of drug-likeness (QED) is 0.591. The number of carbonyl (C=O) groups excluding carboxylic acids is 2. The number of para-hydroxylation sites is 1. The van der Waals surface area contributed by atoms with Crippen molar-refractivity contribution in [3.63, 3.8) is 0 Å². The summed E-state index contributed by atoms with van der Waals surface area (Å²) in [6.07, 6.45) is 0.116. The standard InChI is InChI=1S/C18H20ClN3O4/c1-2-25-17(23)16-14-12-21(18(24)26-11-9-19)10-8-15(14)22(20-16)13-6-4-3-5-7-13/h3-7H,2,8-12H2,1H3. The fraction of sp³-hybridized carbons (Fsp3) is 0.389. The molecule has 1 aliphatic heterocycles. The largest absolute Gasteiger partial charge is 0.461 e. The van der Waals surface area contributed by atoms with E-state index in [1.54, 1.807) is 16.5 Å². The maximum atomic E-state index is 12.4. The van der Waals surface area contributed by atoms with Gasteiger partial charge in [0.25, 0.3) is 0 Å². The van der Waals surface area contributed by atoms with Crippen molar-refractivity contribution in [2.24, 2.45) is 0 Å². The number of benzene rings is 1. The molecule has 1 amide bonds. The van der Waals surface area contributed by atoms with Gasteiger partial charge in [-0.2, -0.15) is 5.10 Å². The molecule has 7 nitrogen and oxygen atoms in total. The van der Waals surface area contributed by atoms with Crippen LogP contribution in [0.25, 0.3) is 5.69 Å². The van der Waals surface area contributed by atoms with E-state index >= 15 is 0 Å². The second kappa shape index (κ2) is 8.23. The SMILES string of the molecule is CCOC(=O)c1nn(-c2ccccc2)c2c1CN(C(=O)OCCCl)CC2. The molecule has 0 saturated heterocycles. The summed E-state index contributed by atoms with van der Waals surface area (Å²) in [5.74, 6) is -0.250. The zero-order chi connectivity index (χ0) is 18.5. The van der Waals surface area contributed by atoms with E-state index < -0.39 is 12.1 Å². The smallest absolute Gasteiger partial charge is 0.410 e. The molecule has 1 aliphatic rings. The third-order valence-electron chi connectivity index (χ3n) is 4.09. The Balaban J connectivity index is 1.96. The van der Waals surface area contributed by atoms with Crippen LogP contribution in [-0.4, -0.2) is 52.4 Å². The van der Waals surface area contributed by atoms with Crippen molar-refractivity contribution in [2.75, 3.05) is 25.6 Å². The second-order valence-electron chi connectivity index (χ2n) is 5.72. The normalized spacial score (nSPS) is 13.2. The Morgan fingerprint density at radius 1 is 1.23 bits per heavy atom. The number of halogens is 1. The number of amides is 1. The van der Waals surface area contributed by atoms with Gasteiger partial charge in [-0.25, -0.2) is 14.3 Å². The van der Waals surface area contributed by atoms with Crippen LogP contribution in [0, 0.1) is 0 Å². The highest BCUT2D eigenvalue weighted by molar-refractivity contribution is 6.18. The summed E-state index contributed by atoms with van der Waals surface area (Å²) in [6, 6.07) is 9.57. The maximum Gasteiger partial charge on any atom is 0.410 e. The van der Waals surface area contributed by atoms with E-state index in [1.165, 1.54) is 0 Å². The highest BCUT2D eigenvalue weighted by atomic mass is 35.5. The molecule has 3 rings (SSSR count). The topological polar surface area (TPSA) is 73.7 Å². The van der Waals surface area contributed by atoms with Gasteiger partial charge in [-0.05, 0) is 19.1 Å². The molecule has 0 spiro atoms. The van der Waals surface area contributed by atoms with E-state index in [0.717, 1.165) is 11.4 Å². The monoisotopic (exact) mass is 377 g/mol. The molecule has 0 bridgehead atoms. The van der Waals surface area contributed by atoms with Gasteiger partial charge in [0.2, 0.25) is 0 Å². The summed E-state index contributed by atoms with van der Waals surface area (Å²) in [6.45, 7) is 2.88. The number of aromatic nitrogens is 2. The second-order valence-corrected chi connectivity index (χ2v) is 6.09. The van der Waals surface area contributed by atoms with E-state index in [2.05, 4.69) is 5.10 Å². The number of ether oxygens (including phenoxy) is 2. The molecule has 0 N–H and O–H groups in total. The first-order chi connectivity index (χ1) is 12.7. The Hall–Kier alpha value is -2.54. The van der Waals surface area contributed by atoms with Crippen molar-refractivity contribution < 1.29 is 19.1 Å². The molecular formula is C18H20ClN3O4. The molecule has 26 heavy (non-hydrogen) atoms. The Labute approximate surface area is 156 Å². The summed E-state index contributed by atoms with van der Waals surface area (Å²) in [5.41, 5.74) is 2.69. The van der Waals surface area contributed by atoms with Crippen LogP contribution in [0.3, 0.4) is 0 Å². The summed E-state index contributed by atoms with van der Waals surface area (Å²) < 4.78 is 12.0. The fourth-order valence-corrected chi connectivity index (χ4v) is 3.02. The molecule has 2 heterocycles. The molecule has 0 aliphatic carbocycles. The molecule has 0 unspecified atom stereocenters. The van der Waals surface area contributed by atoms with Gasteiger partial charge >= 0.3 is 12.1 Å². The first-order valence-electron chi connectivity index (χ1n) is 8.46. The van der Waals surface area contributed by atoms with E-state index in [0.29, 0.717) is 18.5 Å². The lowest BCUT2D eigenvalue weighted by atomic mass is 10.1. The van der Waals surface area contributed by atoms with Crippen LogP contribution in [0.5, 0.6) is 0 Å². The van der Waals surface area contributed by atoms with Gasteiger partial charge in [0.1, 0.15) is 6.61 Å². The van der Waals surface area contributed by atoms with Crippen LogP contribution in [0.15, 0.2) is 30.3 Å². The third kappa shape index (κ3) is 3.67. The van der Waals surface area contributed by atoms with E-state index in [-0.39, 0.29) is 31.3 Å². The number of hydrogen-bond acceptors (Lipinski definition) is 5. The maximum absolute atomic E-state index is 12.4. The zero-order valence-corrected chi connectivity index (χ0v) is 15.2. The summed E-state index contributed by atoms with van der Waals surface area (Å²) in [4.78, 5) is 26.1. The number of rotatable bonds is 5. The van der Waals surface area contributed by atoms with Gasteiger partial charge in [0, 0.05) is 18.5 Å². The minimum Gasteiger partial charge on any atom is -0.461 e. The molecule has 0 fully saturated rings. The van der Waals surface area contributed by atoms with Crippen molar-refractivity contribution in [2.45, 2.75) is 19.9 Å². The molecule has 2 aromatic rings. The molecule has 1 aromatic carbocycles. The number of fused-ring (bicyclic) bond motifs is 1. The van der Waals surface area contributed by atoms with Crippen LogP contribution >= 0.6 is 11.6 Å². The lowest BCUT2D eigenvalue weighted by Crippen LogP contribution is -2.37. The minimum absolute atomic E-state index is 0.151. The van der Waals surface area contributed by atoms with Gasteiger partial charge in [-0.3, -0.25) is 0 Å². The predicted molar refractivity (Wildman–Crippen MR) is 95.7 cm³/mol. The number of nitrogens with zero attached hydrogens (tertiary/aromatic N) is 3. The molecule has 138 valence electrons. The van der Waals surface area contributed by atoms with Gasteiger partial charge in [-0.1, -0.05) is 18.2 Å². The Kier molecular flexibility index (Phi) is 5.78. The highest BCUT2D eigenvalue weighted by Crippen LogP contribution is 2.26. The summed E-state index contributed by atoms with van der Waals surface area (Å²) >= 11 is 5.57. The van der Waals surface area contributed by atoms with Crippen molar-refractivity contribution in [1.82, 2.24) is 14.7 Å². The van der Waals surface area contributed by atoms with Crippen molar-refractivity contribution in [3.8, 4) is 5.69 Å². The van der Waals surface area contributed by atoms with E-state index in [1.807, 2.05) is 30.3 Å². The Morgan fingerprint density at radius 3 is 2.69 bits per heavy atom. The van der Waals surface area contributed by atoms with Crippen molar-refractivity contribution in [1.29, 1.82) is 0 Å². The number of esters is 1. The molecular weight excluding hydrogens is 358 g/mol. The fourth-order valence-electron chi connectivity index (χ4n) is 2.94. The van der Waals surface area contributed by atoms with Gasteiger partial charge in [-0.15, -0.1) is 11.6 Å². The molecule has 0 saturated carbocycles. The van der Waals surface area contributed by atoms with Crippen LogP contribution in [-0.2, 0) is 22.4 Å². The molecule has 1 aromatic heterocycles. The van der Waals surface area contributed by atoms with Gasteiger partial charge in [0.05, 0.1) is 30.4 Å². The van der Waals surface area contributed by atoms with Gasteiger partial charge in [0.15, 0.2) is 5.69 Å². The van der Waals surface area contributed by atoms with E-state index in [9.17, 15) is 9.59 Å². The zero-order valence-electron chi connectivity index (χ0n) is 14.5. The average molecular weight is 378 g/mol. The van der Waals surface area contributed by atoms with E-state index in [4.69, 9.17) is 21.1 Å². The van der Waals surface area contributed by atoms with Crippen LogP contribution < -0.4 is 0 Å². The molecule has 0 radical (unpaired) electrons. The Morgan fingerprint density at radius 2 is 2.00 bits per heavy atom. The molecule has 0 atom stereocenters. The number of hydrogen-bond donors (Lipinski definition) is 0. The molecule has 8 heteroatoms. The lowest BCUT2D eigenvalue weighted by molar-refractivity contribution is 0.0514. The highest BCUT2D eigenvalue weighted by Gasteiger charge is 2.31. The summed E-state index contributed by atoms with van der Waals surface area (Å²) in [5, 5.41) is 4.48. The van der Waals surface area contributed by atoms with Crippen LogP contribution in [0.1, 0.15) is 28.7 Å². The average Bonchev–Trinajstić information content (AvgIpc) is 3.06. The van der Waals surface area contributed by atoms with Crippen molar-refractivity contribution in [3.05, 3.63) is 47.3 Å². The predicted octanol–water partition coefficient (Wildman–Crippen LogP) is 2.78. The Bertz CT molecular complexity index is 791. The van der Waals surface area contributed by atoms with Crippen LogP contribution in [0.4, 0.5) is 4.79 Å². The van der Waals surface area contributed by atoms with Gasteiger partial charge < -0.3 is 14.4 Å². The summed E-state index contributed by atoms with van der Waals surface area (Å²) in [7, 11) is 0.